The second kappa shape index (κ2) is 17.1. The number of carbonyl (C=O) groups excluding carboxylic acids is 2. The first-order valence-electron chi connectivity index (χ1n) is 13.8. The molecule has 18 heteroatoms. The number of rotatable bonds is 14. The van der Waals surface area contributed by atoms with E-state index in [0.717, 1.165) is 14.2 Å². The van der Waals surface area contributed by atoms with Crippen molar-refractivity contribution in [3.63, 3.8) is 0 Å². The fraction of sp³-hybridized carbons (Fsp3) is 0.852. The van der Waals surface area contributed by atoms with Crippen molar-refractivity contribution in [2.75, 3.05) is 70.6 Å². The van der Waals surface area contributed by atoms with Gasteiger partial charge in [0.25, 0.3) is 0 Å². The molecule has 0 radical (unpaired) electrons. The molecule has 2 saturated heterocycles. The summed E-state index contributed by atoms with van der Waals surface area (Å²) < 4.78 is 78.3. The van der Waals surface area contributed by atoms with Crippen molar-refractivity contribution in [2.45, 2.75) is 79.9 Å². The van der Waals surface area contributed by atoms with Crippen molar-refractivity contribution in [1.82, 2.24) is 0 Å². The first kappa shape index (κ1) is 37.3. The Hall–Kier alpha value is -2.20. The molecule has 0 aromatic rings. The van der Waals surface area contributed by atoms with Crippen LogP contribution in [0.3, 0.4) is 0 Å². The summed E-state index contributed by atoms with van der Waals surface area (Å²) in [7, 11) is 11.7. The Morgan fingerprint density at radius 2 is 1.11 bits per heavy atom. The van der Waals surface area contributed by atoms with Gasteiger partial charge in [-0.15, -0.1) is 0 Å². The Labute approximate surface area is 260 Å². The third kappa shape index (κ3) is 7.69. The highest BCUT2D eigenvalue weighted by Gasteiger charge is 2.57. The second-order valence-corrected chi connectivity index (χ2v) is 10.0. The molecule has 3 aliphatic heterocycles. The Bertz CT molecular complexity index is 993. The zero-order valence-electron chi connectivity index (χ0n) is 26.6. The monoisotopic (exact) mass is 656 g/mol. The molecule has 45 heavy (non-hydrogen) atoms. The maximum Gasteiger partial charge on any atom is 0.337 e. The first-order valence-corrected chi connectivity index (χ1v) is 13.8. The van der Waals surface area contributed by atoms with Crippen LogP contribution in [0.4, 0.5) is 0 Å². The molecule has 0 saturated carbocycles. The van der Waals surface area contributed by atoms with E-state index < -0.39 is 91.8 Å². The van der Waals surface area contributed by atoms with Gasteiger partial charge in [0.2, 0.25) is 6.29 Å². The van der Waals surface area contributed by atoms with Crippen molar-refractivity contribution >= 4 is 11.9 Å². The van der Waals surface area contributed by atoms with Crippen molar-refractivity contribution < 1.29 is 86.1 Å². The smallest absolute Gasteiger partial charge is 0.337 e. The van der Waals surface area contributed by atoms with Crippen molar-refractivity contribution in [3.05, 3.63) is 11.5 Å². The molecule has 3 heterocycles. The van der Waals surface area contributed by atoms with Crippen LogP contribution in [-0.4, -0.2) is 173 Å². The summed E-state index contributed by atoms with van der Waals surface area (Å²) in [6.45, 7) is -0.128. The number of esters is 2. The Kier molecular flexibility index (Phi) is 14.2. The van der Waals surface area contributed by atoms with Gasteiger partial charge in [0, 0.05) is 49.8 Å². The molecular formula is C27H44O18. The predicted octanol–water partition coefficient (Wildman–Crippen LogP) is -1.59. The topological polar surface area (TPSA) is 204 Å². The zero-order chi connectivity index (χ0) is 33.4. The van der Waals surface area contributed by atoms with E-state index in [9.17, 15) is 19.8 Å². The van der Waals surface area contributed by atoms with Gasteiger partial charge in [-0.3, -0.25) is 0 Å². The van der Waals surface area contributed by atoms with Crippen LogP contribution in [0.5, 0.6) is 0 Å². The zero-order valence-corrected chi connectivity index (χ0v) is 26.6. The molecular weight excluding hydrogens is 612 g/mol. The van der Waals surface area contributed by atoms with Crippen LogP contribution in [0.1, 0.15) is 0 Å². The number of hydrogen-bond acceptors (Lipinski definition) is 18. The number of carbonyl (C=O) groups is 2. The van der Waals surface area contributed by atoms with E-state index in [0.29, 0.717) is 0 Å². The summed E-state index contributed by atoms with van der Waals surface area (Å²) in [4.78, 5) is 25.9. The SMILES string of the molecule is COCC1=C(O)[C@H](OC)[C@@H](OC)[C@@H](O[C@@H]2[C@H](OC)[C@@H](OC)[C@@H](O[C@@H]3[C@H](OC)[C@@H](OC)C(O)O[C@H]3C(=O)OC)O[C@@H]2C(=O)OC)O1. The number of methoxy groups -OCH3 is 9. The average Bonchev–Trinajstić information content (AvgIpc) is 3.05. The fourth-order valence-corrected chi connectivity index (χ4v) is 5.55. The van der Waals surface area contributed by atoms with Crippen molar-refractivity contribution in [3.8, 4) is 0 Å². The van der Waals surface area contributed by atoms with Gasteiger partial charge in [-0.25, -0.2) is 9.59 Å². The predicted molar refractivity (Wildman–Crippen MR) is 145 cm³/mol. The lowest BCUT2D eigenvalue weighted by molar-refractivity contribution is -0.366. The van der Waals surface area contributed by atoms with Crippen LogP contribution in [-0.2, 0) is 75.9 Å². The number of aliphatic hydroxyl groups is 2. The lowest BCUT2D eigenvalue weighted by Crippen LogP contribution is -2.67. The minimum Gasteiger partial charge on any atom is -0.506 e. The van der Waals surface area contributed by atoms with E-state index in [1.54, 1.807) is 0 Å². The highest BCUT2D eigenvalue weighted by atomic mass is 16.8. The highest BCUT2D eigenvalue weighted by molar-refractivity contribution is 5.76. The molecule has 0 aromatic carbocycles. The third-order valence-corrected chi connectivity index (χ3v) is 7.73. The molecule has 0 aromatic heterocycles. The fourth-order valence-electron chi connectivity index (χ4n) is 5.55. The summed E-state index contributed by atoms with van der Waals surface area (Å²) in [5.41, 5.74) is 0. The maximum atomic E-state index is 13.2. The summed E-state index contributed by atoms with van der Waals surface area (Å²) in [6, 6.07) is 0. The summed E-state index contributed by atoms with van der Waals surface area (Å²) >= 11 is 0. The second-order valence-electron chi connectivity index (χ2n) is 10.0. The standard InChI is InChI=1S/C27H44O18/c1-32-10-11-12(28)13(33-2)21(37-6)26(41-11)43-17-15(35-4)22(38-7)27(45-20(17)24(30)40-9)44-16-14(34-3)18(36-5)25(31)42-19(16)23(29)39-8/h13-22,25-28,31H,10H2,1-9H3/t13-,14-,15-,16+,17+,18+,19+,20-,21+,22+,25?,26+,27-/m0/s1. The Morgan fingerprint density at radius 1 is 0.622 bits per heavy atom. The van der Waals surface area contributed by atoms with Gasteiger partial charge in [-0.05, 0) is 0 Å². The molecule has 3 rings (SSSR count). The molecule has 0 spiro atoms. The van der Waals surface area contributed by atoms with Crippen LogP contribution in [0.25, 0.3) is 0 Å². The van der Waals surface area contributed by atoms with Crippen LogP contribution in [0.15, 0.2) is 11.5 Å². The number of aliphatic hydroxyl groups excluding tert-OH is 2. The highest BCUT2D eigenvalue weighted by Crippen LogP contribution is 2.36. The van der Waals surface area contributed by atoms with Gasteiger partial charge in [-0.1, -0.05) is 0 Å². The molecule has 18 nitrogen and oxygen atoms in total. The molecule has 13 atom stereocenters. The number of hydrogen-bond donors (Lipinski definition) is 2. The van der Waals surface area contributed by atoms with Gasteiger partial charge >= 0.3 is 11.9 Å². The van der Waals surface area contributed by atoms with E-state index >= 15 is 0 Å². The summed E-state index contributed by atoms with van der Waals surface area (Å²) in [5, 5.41) is 21.2. The molecule has 0 aliphatic carbocycles. The lowest BCUT2D eigenvalue weighted by Gasteiger charge is -2.48. The quantitative estimate of drug-likeness (QED) is 0.202. The summed E-state index contributed by atoms with van der Waals surface area (Å²) in [6.07, 6.45) is -16.4. The Morgan fingerprint density at radius 3 is 1.58 bits per heavy atom. The Balaban J connectivity index is 2.00. The molecule has 2 N–H and O–H groups in total. The third-order valence-electron chi connectivity index (χ3n) is 7.73. The summed E-state index contributed by atoms with van der Waals surface area (Å²) in [5.74, 6) is -2.01. The first-order chi connectivity index (χ1) is 21.6. The van der Waals surface area contributed by atoms with Crippen molar-refractivity contribution in [2.24, 2.45) is 0 Å². The van der Waals surface area contributed by atoms with E-state index in [-0.39, 0.29) is 18.1 Å². The van der Waals surface area contributed by atoms with Gasteiger partial charge in [0.1, 0.15) is 49.3 Å². The van der Waals surface area contributed by atoms with Gasteiger partial charge in [-0.2, -0.15) is 0 Å². The van der Waals surface area contributed by atoms with Gasteiger partial charge in [0.05, 0.1) is 14.2 Å². The lowest BCUT2D eigenvalue weighted by atomic mass is 9.95. The largest absolute Gasteiger partial charge is 0.506 e. The normalized spacial score (nSPS) is 38.8. The molecule has 2 fully saturated rings. The minimum atomic E-state index is -1.57. The van der Waals surface area contributed by atoms with Crippen molar-refractivity contribution in [1.29, 1.82) is 0 Å². The van der Waals surface area contributed by atoms with E-state index in [1.807, 2.05) is 0 Å². The van der Waals surface area contributed by atoms with Gasteiger partial charge < -0.3 is 76.5 Å². The molecule has 260 valence electrons. The minimum absolute atomic E-state index is 0.0131. The van der Waals surface area contributed by atoms with Gasteiger partial charge in [0.15, 0.2) is 42.4 Å². The molecule has 3 aliphatic rings. The molecule has 0 bridgehead atoms. The maximum absolute atomic E-state index is 13.2. The van der Waals surface area contributed by atoms with Crippen LogP contribution in [0, 0.1) is 0 Å². The average molecular weight is 657 g/mol. The number of ether oxygens (including phenoxy) is 14. The van der Waals surface area contributed by atoms with Crippen LogP contribution < -0.4 is 0 Å². The van der Waals surface area contributed by atoms with Crippen LogP contribution >= 0.6 is 0 Å². The molecule has 1 unspecified atom stereocenters. The van der Waals surface area contributed by atoms with E-state index in [1.165, 1.54) is 49.8 Å². The van der Waals surface area contributed by atoms with E-state index in [4.69, 9.17) is 66.3 Å². The molecule has 0 amide bonds. The van der Waals surface area contributed by atoms with Crippen LogP contribution in [0.2, 0.25) is 0 Å². The van der Waals surface area contributed by atoms with E-state index in [2.05, 4.69) is 0 Å².